The summed E-state index contributed by atoms with van der Waals surface area (Å²) in [7, 11) is 3.59. The Morgan fingerprint density at radius 3 is 2.77 bits per heavy atom. The molecule has 26 heavy (non-hydrogen) atoms. The van der Waals surface area contributed by atoms with E-state index < -0.39 is 5.82 Å². The number of ether oxygens (including phenoxy) is 1. The molecule has 0 spiro atoms. The average molecular weight is 348 g/mol. The fourth-order valence-corrected chi connectivity index (χ4v) is 3.60. The van der Waals surface area contributed by atoms with Crippen molar-refractivity contribution in [2.45, 2.75) is 19.9 Å². The van der Waals surface area contributed by atoms with E-state index in [2.05, 4.69) is 53.6 Å². The SMILES string of the molecule is COc1ccc(C#Cn2c3c(c4cc(C)ccc42)CCN(C)C3)cc1F. The zero-order valence-corrected chi connectivity index (χ0v) is 15.3. The number of aromatic nitrogens is 1. The topological polar surface area (TPSA) is 17.4 Å². The van der Waals surface area contributed by atoms with Gasteiger partial charge in [0.05, 0.1) is 12.6 Å². The molecule has 0 amide bonds. The molecule has 3 nitrogen and oxygen atoms in total. The van der Waals surface area contributed by atoms with Gasteiger partial charge in [0.15, 0.2) is 11.6 Å². The van der Waals surface area contributed by atoms with Gasteiger partial charge in [-0.15, -0.1) is 0 Å². The van der Waals surface area contributed by atoms with Gasteiger partial charge in [-0.05, 0) is 62.2 Å². The van der Waals surface area contributed by atoms with Crippen LogP contribution in [0.15, 0.2) is 36.4 Å². The molecule has 0 fully saturated rings. The van der Waals surface area contributed by atoms with Crippen molar-refractivity contribution >= 4 is 10.9 Å². The van der Waals surface area contributed by atoms with Crippen LogP contribution >= 0.6 is 0 Å². The number of rotatable bonds is 1. The van der Waals surface area contributed by atoms with Crippen LogP contribution < -0.4 is 4.74 Å². The molecule has 0 radical (unpaired) electrons. The molecule has 0 N–H and O–H groups in total. The fraction of sp³-hybridized carbons (Fsp3) is 0.273. The second-order valence-corrected chi connectivity index (χ2v) is 6.86. The van der Waals surface area contributed by atoms with Gasteiger partial charge < -0.3 is 9.64 Å². The molecule has 1 aliphatic rings. The Bertz CT molecular complexity index is 1060. The van der Waals surface area contributed by atoms with Gasteiger partial charge in [-0.3, -0.25) is 4.57 Å². The highest BCUT2D eigenvalue weighted by molar-refractivity contribution is 5.87. The third-order valence-corrected chi connectivity index (χ3v) is 4.96. The summed E-state index contributed by atoms with van der Waals surface area (Å²) in [5.74, 6) is 2.95. The second kappa shape index (κ2) is 6.51. The standard InChI is InChI=1S/C22H21FN2O/c1-15-4-6-20-18(12-15)17-9-10-24(2)14-21(17)25(20)11-8-16-5-7-22(26-3)19(23)13-16/h4-7,12-13H,9-10,14H2,1-3H3. The molecule has 4 heteroatoms. The predicted octanol–water partition coefficient (Wildman–Crippen LogP) is 3.94. The third-order valence-electron chi connectivity index (χ3n) is 4.96. The van der Waals surface area contributed by atoms with Gasteiger partial charge in [0.2, 0.25) is 0 Å². The van der Waals surface area contributed by atoms with Crippen LogP contribution in [0.4, 0.5) is 4.39 Å². The van der Waals surface area contributed by atoms with Crippen LogP contribution in [0.5, 0.6) is 5.75 Å². The number of aryl methyl sites for hydroxylation is 1. The zero-order chi connectivity index (χ0) is 18.3. The highest BCUT2D eigenvalue weighted by Gasteiger charge is 2.21. The highest BCUT2D eigenvalue weighted by Crippen LogP contribution is 2.30. The lowest BCUT2D eigenvalue weighted by molar-refractivity contribution is 0.308. The van der Waals surface area contributed by atoms with E-state index in [9.17, 15) is 4.39 Å². The Kier molecular flexibility index (Phi) is 4.18. The molecule has 1 aliphatic heterocycles. The monoisotopic (exact) mass is 348 g/mol. The summed E-state index contributed by atoms with van der Waals surface area (Å²) in [6.45, 7) is 4.04. The molecule has 0 saturated heterocycles. The smallest absolute Gasteiger partial charge is 0.166 e. The van der Waals surface area contributed by atoms with Crippen LogP contribution in [0, 0.1) is 24.7 Å². The number of methoxy groups -OCH3 is 1. The Labute approximate surface area is 153 Å². The fourth-order valence-electron chi connectivity index (χ4n) is 3.60. The van der Waals surface area contributed by atoms with Crippen molar-refractivity contribution in [3.63, 3.8) is 0 Å². The van der Waals surface area contributed by atoms with Crippen LogP contribution in [-0.4, -0.2) is 30.2 Å². The van der Waals surface area contributed by atoms with Crippen LogP contribution in [0.1, 0.15) is 22.4 Å². The minimum atomic E-state index is -0.394. The Hall–Kier alpha value is -2.77. The summed E-state index contributed by atoms with van der Waals surface area (Å²) in [6.07, 6.45) is 1.03. The molecule has 2 aromatic carbocycles. The minimum absolute atomic E-state index is 0.233. The van der Waals surface area contributed by atoms with Crippen molar-refractivity contribution in [2.24, 2.45) is 0 Å². The van der Waals surface area contributed by atoms with Crippen LogP contribution in [0.25, 0.3) is 10.9 Å². The van der Waals surface area contributed by atoms with Crippen molar-refractivity contribution in [3.05, 3.63) is 64.6 Å². The maximum Gasteiger partial charge on any atom is 0.166 e. The number of benzene rings is 2. The number of hydrogen-bond acceptors (Lipinski definition) is 2. The summed E-state index contributed by atoms with van der Waals surface area (Å²) in [4.78, 5) is 2.30. The van der Waals surface area contributed by atoms with E-state index in [-0.39, 0.29) is 5.75 Å². The van der Waals surface area contributed by atoms with E-state index >= 15 is 0 Å². The van der Waals surface area contributed by atoms with Gasteiger partial charge in [0.25, 0.3) is 0 Å². The van der Waals surface area contributed by atoms with Crippen molar-refractivity contribution in [1.29, 1.82) is 0 Å². The van der Waals surface area contributed by atoms with Gasteiger partial charge in [0, 0.05) is 35.8 Å². The van der Waals surface area contributed by atoms with Crippen molar-refractivity contribution in [2.75, 3.05) is 20.7 Å². The molecular formula is C22H21FN2O. The van der Waals surface area contributed by atoms with Crippen molar-refractivity contribution in [3.8, 4) is 17.7 Å². The number of halogens is 1. The summed E-state index contributed by atoms with van der Waals surface area (Å²) >= 11 is 0. The molecule has 0 bridgehead atoms. The zero-order valence-electron chi connectivity index (χ0n) is 15.3. The lowest BCUT2D eigenvalue weighted by Crippen LogP contribution is -2.27. The number of fused-ring (bicyclic) bond motifs is 3. The summed E-state index contributed by atoms with van der Waals surface area (Å²) in [5, 5.41) is 1.28. The first-order chi connectivity index (χ1) is 12.6. The molecule has 2 heterocycles. The Balaban J connectivity index is 1.85. The molecule has 0 aliphatic carbocycles. The lowest BCUT2D eigenvalue weighted by Gasteiger charge is -2.23. The van der Waals surface area contributed by atoms with Crippen molar-refractivity contribution < 1.29 is 9.13 Å². The first-order valence-corrected chi connectivity index (χ1v) is 8.74. The van der Waals surface area contributed by atoms with Crippen LogP contribution in [-0.2, 0) is 13.0 Å². The number of likely N-dealkylation sites (N-methyl/N-ethyl adjacent to an activating group) is 1. The van der Waals surface area contributed by atoms with E-state index in [1.807, 2.05) is 0 Å². The van der Waals surface area contributed by atoms with E-state index in [4.69, 9.17) is 4.74 Å². The second-order valence-electron chi connectivity index (χ2n) is 6.86. The molecule has 3 aromatic rings. The minimum Gasteiger partial charge on any atom is -0.494 e. The Morgan fingerprint density at radius 1 is 1.15 bits per heavy atom. The van der Waals surface area contributed by atoms with E-state index in [1.165, 1.54) is 35.4 Å². The first kappa shape index (κ1) is 16.7. The van der Waals surface area contributed by atoms with Gasteiger partial charge in [-0.1, -0.05) is 11.6 Å². The summed E-state index contributed by atoms with van der Waals surface area (Å²) in [6, 6.07) is 14.5. The van der Waals surface area contributed by atoms with E-state index in [1.54, 1.807) is 12.1 Å². The molecular weight excluding hydrogens is 327 g/mol. The quantitative estimate of drug-likeness (QED) is 0.620. The predicted molar refractivity (Wildman–Crippen MR) is 102 cm³/mol. The largest absolute Gasteiger partial charge is 0.494 e. The maximum atomic E-state index is 13.9. The lowest BCUT2D eigenvalue weighted by atomic mass is 10.0. The number of hydrogen-bond donors (Lipinski definition) is 0. The molecule has 4 rings (SSSR count). The Morgan fingerprint density at radius 2 is 2.00 bits per heavy atom. The van der Waals surface area contributed by atoms with Crippen LogP contribution in [0.2, 0.25) is 0 Å². The molecule has 132 valence electrons. The van der Waals surface area contributed by atoms with Gasteiger partial charge in [0.1, 0.15) is 0 Å². The molecule has 0 saturated carbocycles. The maximum absolute atomic E-state index is 13.9. The summed E-state index contributed by atoms with van der Waals surface area (Å²) < 4.78 is 21.0. The molecule has 0 atom stereocenters. The van der Waals surface area contributed by atoms with E-state index in [0.717, 1.165) is 25.0 Å². The van der Waals surface area contributed by atoms with Crippen molar-refractivity contribution in [1.82, 2.24) is 9.47 Å². The van der Waals surface area contributed by atoms with Gasteiger partial charge >= 0.3 is 0 Å². The third kappa shape index (κ3) is 2.85. The molecule has 1 aromatic heterocycles. The van der Waals surface area contributed by atoms with Gasteiger partial charge in [-0.2, -0.15) is 0 Å². The summed E-state index contributed by atoms with van der Waals surface area (Å²) in [5.41, 5.74) is 5.63. The normalized spacial score (nSPS) is 14.0. The van der Waals surface area contributed by atoms with Gasteiger partial charge in [-0.25, -0.2) is 4.39 Å². The first-order valence-electron chi connectivity index (χ1n) is 8.74. The number of nitrogens with zero attached hydrogens (tertiary/aromatic N) is 2. The molecule has 0 unspecified atom stereocenters. The highest BCUT2D eigenvalue weighted by atomic mass is 19.1. The average Bonchev–Trinajstić information content (AvgIpc) is 2.92. The van der Waals surface area contributed by atoms with Crippen LogP contribution in [0.3, 0.4) is 0 Å². The van der Waals surface area contributed by atoms with E-state index in [0.29, 0.717) is 5.56 Å².